The quantitative estimate of drug-likeness (QED) is 0.852. The largest absolute Gasteiger partial charge is 0.477 e. The standard InChI is InChI=1S/C10H9ClN2O2/c1-2-13-9(10(14)15)8-6(11)4-3-5-7(8)12-13/h3-5H,2H2,1H3,(H,14,15). The first kappa shape index (κ1) is 9.98. The Morgan fingerprint density at radius 2 is 2.33 bits per heavy atom. The summed E-state index contributed by atoms with van der Waals surface area (Å²) in [6, 6.07) is 5.17. The van der Waals surface area contributed by atoms with Gasteiger partial charge in [-0.05, 0) is 19.1 Å². The van der Waals surface area contributed by atoms with Gasteiger partial charge < -0.3 is 5.11 Å². The molecule has 0 amide bonds. The minimum atomic E-state index is -1.01. The van der Waals surface area contributed by atoms with Crippen LogP contribution in [0, 0.1) is 0 Å². The van der Waals surface area contributed by atoms with E-state index in [-0.39, 0.29) is 5.69 Å². The third kappa shape index (κ3) is 1.47. The molecule has 1 N–H and O–H groups in total. The van der Waals surface area contributed by atoms with Crippen LogP contribution in [-0.4, -0.2) is 20.9 Å². The second kappa shape index (κ2) is 3.55. The van der Waals surface area contributed by atoms with Crippen molar-refractivity contribution in [2.75, 3.05) is 0 Å². The van der Waals surface area contributed by atoms with Gasteiger partial charge >= 0.3 is 5.97 Å². The van der Waals surface area contributed by atoms with Crippen LogP contribution in [0.5, 0.6) is 0 Å². The maximum atomic E-state index is 11.1. The van der Waals surface area contributed by atoms with Crippen molar-refractivity contribution in [1.82, 2.24) is 9.78 Å². The van der Waals surface area contributed by atoms with Crippen LogP contribution in [0.1, 0.15) is 17.4 Å². The fourth-order valence-electron chi connectivity index (χ4n) is 1.59. The summed E-state index contributed by atoms with van der Waals surface area (Å²) in [5.41, 5.74) is 0.764. The number of hydrogen-bond acceptors (Lipinski definition) is 2. The molecule has 1 aromatic heterocycles. The highest BCUT2D eigenvalue weighted by Gasteiger charge is 2.18. The summed E-state index contributed by atoms with van der Waals surface area (Å²) >= 11 is 5.96. The molecule has 0 fully saturated rings. The summed E-state index contributed by atoms with van der Waals surface area (Å²) in [6.45, 7) is 2.35. The molecule has 78 valence electrons. The van der Waals surface area contributed by atoms with Crippen molar-refractivity contribution in [2.45, 2.75) is 13.5 Å². The Labute approximate surface area is 91.1 Å². The van der Waals surface area contributed by atoms with Crippen molar-refractivity contribution >= 4 is 28.5 Å². The number of aromatic nitrogens is 2. The lowest BCUT2D eigenvalue weighted by atomic mass is 10.2. The zero-order chi connectivity index (χ0) is 11.0. The summed E-state index contributed by atoms with van der Waals surface area (Å²) in [7, 11) is 0. The molecule has 0 aliphatic carbocycles. The molecule has 1 heterocycles. The predicted octanol–water partition coefficient (Wildman–Crippen LogP) is 2.41. The van der Waals surface area contributed by atoms with Crippen molar-refractivity contribution in [2.24, 2.45) is 0 Å². The first-order valence-electron chi connectivity index (χ1n) is 4.53. The number of rotatable bonds is 2. The van der Waals surface area contributed by atoms with Gasteiger partial charge in [0.1, 0.15) is 0 Å². The van der Waals surface area contributed by atoms with E-state index >= 15 is 0 Å². The number of halogens is 1. The van der Waals surface area contributed by atoms with Crippen LogP contribution in [0.3, 0.4) is 0 Å². The van der Waals surface area contributed by atoms with E-state index in [1.165, 1.54) is 4.68 Å². The molecule has 5 heteroatoms. The Balaban J connectivity index is 2.88. The molecule has 0 radical (unpaired) electrons. The number of hydrogen-bond donors (Lipinski definition) is 1. The van der Waals surface area contributed by atoms with E-state index < -0.39 is 5.97 Å². The smallest absolute Gasteiger partial charge is 0.354 e. The van der Waals surface area contributed by atoms with E-state index in [1.807, 2.05) is 6.92 Å². The fourth-order valence-corrected chi connectivity index (χ4v) is 1.84. The highest BCUT2D eigenvalue weighted by molar-refractivity contribution is 6.36. The van der Waals surface area contributed by atoms with Gasteiger partial charge in [-0.3, -0.25) is 4.68 Å². The second-order valence-corrected chi connectivity index (χ2v) is 3.51. The Hall–Kier alpha value is -1.55. The van der Waals surface area contributed by atoms with Crippen LogP contribution in [0.2, 0.25) is 5.02 Å². The molecule has 0 bridgehead atoms. The minimum absolute atomic E-state index is 0.151. The topological polar surface area (TPSA) is 55.1 Å². The average molecular weight is 225 g/mol. The lowest BCUT2D eigenvalue weighted by Gasteiger charge is -1.99. The van der Waals surface area contributed by atoms with Gasteiger partial charge in [-0.15, -0.1) is 0 Å². The lowest BCUT2D eigenvalue weighted by molar-refractivity contribution is 0.0685. The number of carbonyl (C=O) groups is 1. The zero-order valence-corrected chi connectivity index (χ0v) is 8.82. The zero-order valence-electron chi connectivity index (χ0n) is 8.07. The number of carboxylic acid groups (broad SMARTS) is 1. The Morgan fingerprint density at radius 1 is 1.60 bits per heavy atom. The average Bonchev–Trinajstić information content (AvgIpc) is 2.57. The van der Waals surface area contributed by atoms with Crippen molar-refractivity contribution in [3.05, 3.63) is 28.9 Å². The summed E-state index contributed by atoms with van der Waals surface area (Å²) in [5.74, 6) is -1.01. The summed E-state index contributed by atoms with van der Waals surface area (Å²) in [4.78, 5) is 11.1. The van der Waals surface area contributed by atoms with E-state index in [4.69, 9.17) is 16.7 Å². The summed E-state index contributed by atoms with van der Waals surface area (Å²) in [5, 5.41) is 14.2. The van der Waals surface area contributed by atoms with Crippen LogP contribution in [0.25, 0.3) is 10.9 Å². The van der Waals surface area contributed by atoms with E-state index in [0.29, 0.717) is 22.5 Å². The number of aromatic carboxylic acids is 1. The van der Waals surface area contributed by atoms with E-state index in [1.54, 1.807) is 18.2 Å². The fraction of sp³-hybridized carbons (Fsp3) is 0.200. The Bertz CT molecular complexity index is 533. The van der Waals surface area contributed by atoms with Crippen molar-refractivity contribution in [3.63, 3.8) is 0 Å². The molecular weight excluding hydrogens is 216 g/mol. The number of carboxylic acids is 1. The lowest BCUT2D eigenvalue weighted by Crippen LogP contribution is -2.08. The van der Waals surface area contributed by atoms with Crippen LogP contribution < -0.4 is 0 Å². The molecule has 0 atom stereocenters. The normalized spacial score (nSPS) is 10.8. The minimum Gasteiger partial charge on any atom is -0.477 e. The van der Waals surface area contributed by atoms with Crippen molar-refractivity contribution in [1.29, 1.82) is 0 Å². The molecule has 15 heavy (non-hydrogen) atoms. The first-order chi connectivity index (χ1) is 7.15. The van der Waals surface area contributed by atoms with Crippen molar-refractivity contribution in [3.8, 4) is 0 Å². The number of aryl methyl sites for hydroxylation is 1. The van der Waals surface area contributed by atoms with Gasteiger partial charge in [0, 0.05) is 6.54 Å². The van der Waals surface area contributed by atoms with Gasteiger partial charge in [0.25, 0.3) is 0 Å². The first-order valence-corrected chi connectivity index (χ1v) is 4.91. The van der Waals surface area contributed by atoms with E-state index in [0.717, 1.165) is 0 Å². The van der Waals surface area contributed by atoms with Gasteiger partial charge in [-0.25, -0.2) is 4.79 Å². The van der Waals surface area contributed by atoms with Crippen LogP contribution >= 0.6 is 11.6 Å². The second-order valence-electron chi connectivity index (χ2n) is 3.10. The third-order valence-corrected chi connectivity index (χ3v) is 2.53. The maximum absolute atomic E-state index is 11.1. The molecule has 2 rings (SSSR count). The Morgan fingerprint density at radius 3 is 2.93 bits per heavy atom. The van der Waals surface area contributed by atoms with E-state index in [2.05, 4.69) is 5.10 Å². The third-order valence-electron chi connectivity index (χ3n) is 2.22. The molecule has 0 saturated heterocycles. The van der Waals surface area contributed by atoms with Gasteiger partial charge in [-0.2, -0.15) is 5.10 Å². The number of nitrogens with zero attached hydrogens (tertiary/aromatic N) is 2. The summed E-state index contributed by atoms with van der Waals surface area (Å²) < 4.78 is 1.44. The van der Waals surface area contributed by atoms with Crippen LogP contribution in [-0.2, 0) is 6.54 Å². The maximum Gasteiger partial charge on any atom is 0.354 e. The highest BCUT2D eigenvalue weighted by atomic mass is 35.5. The number of fused-ring (bicyclic) bond motifs is 1. The molecule has 4 nitrogen and oxygen atoms in total. The molecule has 0 unspecified atom stereocenters. The number of benzene rings is 1. The molecule has 0 aliphatic heterocycles. The van der Waals surface area contributed by atoms with Gasteiger partial charge in [0.15, 0.2) is 5.69 Å². The van der Waals surface area contributed by atoms with Gasteiger partial charge in [-0.1, -0.05) is 17.7 Å². The van der Waals surface area contributed by atoms with Gasteiger partial charge in [0.05, 0.1) is 15.9 Å². The molecular formula is C10H9ClN2O2. The predicted molar refractivity (Wildman–Crippen MR) is 57.4 cm³/mol. The molecule has 0 saturated carbocycles. The highest BCUT2D eigenvalue weighted by Crippen LogP contribution is 2.26. The molecule has 0 spiro atoms. The molecule has 1 aromatic carbocycles. The van der Waals surface area contributed by atoms with Gasteiger partial charge in [0.2, 0.25) is 0 Å². The SMILES string of the molecule is CCn1nc2cccc(Cl)c2c1C(=O)O. The Kier molecular flexibility index (Phi) is 2.36. The molecule has 2 aromatic rings. The summed E-state index contributed by atoms with van der Waals surface area (Å²) in [6.07, 6.45) is 0. The van der Waals surface area contributed by atoms with E-state index in [9.17, 15) is 4.79 Å². The van der Waals surface area contributed by atoms with Crippen molar-refractivity contribution < 1.29 is 9.90 Å². The van der Waals surface area contributed by atoms with Crippen LogP contribution in [0.4, 0.5) is 0 Å². The monoisotopic (exact) mass is 224 g/mol. The van der Waals surface area contributed by atoms with Crippen LogP contribution in [0.15, 0.2) is 18.2 Å². The molecule has 0 aliphatic rings.